The molecule has 1 atom stereocenters. The number of morpholine rings is 1. The Hall–Kier alpha value is -2.08. The first-order valence-electron chi connectivity index (χ1n) is 7.64. The minimum atomic E-state index is -0.135. The summed E-state index contributed by atoms with van der Waals surface area (Å²) in [5.74, 6) is 0.0520. The van der Waals surface area contributed by atoms with Crippen LogP contribution in [0.25, 0.3) is 0 Å². The van der Waals surface area contributed by atoms with Crippen LogP contribution < -0.4 is 10.2 Å². The van der Waals surface area contributed by atoms with Gasteiger partial charge < -0.3 is 19.9 Å². The summed E-state index contributed by atoms with van der Waals surface area (Å²) in [4.78, 5) is 27.8. The molecular formula is C16H21N3O3. The lowest BCUT2D eigenvalue weighted by Crippen LogP contribution is -2.49. The van der Waals surface area contributed by atoms with Crippen molar-refractivity contribution < 1.29 is 14.3 Å². The topological polar surface area (TPSA) is 61.9 Å². The van der Waals surface area contributed by atoms with Crippen LogP contribution in [0.4, 0.5) is 10.5 Å². The Morgan fingerprint density at radius 3 is 2.59 bits per heavy atom. The number of amides is 3. The van der Waals surface area contributed by atoms with Crippen molar-refractivity contribution in [2.75, 3.05) is 37.7 Å². The summed E-state index contributed by atoms with van der Waals surface area (Å²) >= 11 is 0. The lowest BCUT2D eigenvalue weighted by molar-refractivity contribution is -0.117. The van der Waals surface area contributed by atoms with Gasteiger partial charge in [0.15, 0.2) is 0 Å². The van der Waals surface area contributed by atoms with Gasteiger partial charge in [-0.1, -0.05) is 17.7 Å². The molecule has 3 rings (SSSR count). The largest absolute Gasteiger partial charge is 0.378 e. The van der Waals surface area contributed by atoms with E-state index >= 15 is 0 Å². The Morgan fingerprint density at radius 1 is 1.23 bits per heavy atom. The highest BCUT2D eigenvalue weighted by Gasteiger charge is 2.32. The van der Waals surface area contributed by atoms with Gasteiger partial charge in [-0.05, 0) is 19.1 Å². The second kappa shape index (κ2) is 6.36. The maximum Gasteiger partial charge on any atom is 0.317 e. The zero-order chi connectivity index (χ0) is 15.5. The normalized spacial score (nSPS) is 22.0. The standard InChI is InChI=1S/C16H21N3O3/c1-12-2-4-14(5-3-12)19-11-13(10-15(19)20)17-16(21)18-6-8-22-9-7-18/h2-5,13H,6-11H2,1H3,(H,17,21). The molecule has 0 aromatic heterocycles. The molecule has 6 nitrogen and oxygen atoms in total. The molecule has 0 saturated carbocycles. The van der Waals surface area contributed by atoms with Crippen LogP contribution in [-0.4, -0.2) is 55.7 Å². The van der Waals surface area contributed by atoms with Crippen molar-refractivity contribution >= 4 is 17.6 Å². The van der Waals surface area contributed by atoms with Crippen LogP contribution in [0.2, 0.25) is 0 Å². The second-order valence-electron chi connectivity index (χ2n) is 5.79. The molecule has 2 fully saturated rings. The van der Waals surface area contributed by atoms with Gasteiger partial charge in [0.2, 0.25) is 5.91 Å². The van der Waals surface area contributed by atoms with Crippen molar-refractivity contribution in [3.8, 4) is 0 Å². The van der Waals surface area contributed by atoms with E-state index in [4.69, 9.17) is 4.74 Å². The van der Waals surface area contributed by atoms with Crippen molar-refractivity contribution in [2.45, 2.75) is 19.4 Å². The molecule has 2 saturated heterocycles. The third-order valence-electron chi connectivity index (χ3n) is 4.10. The summed E-state index contributed by atoms with van der Waals surface area (Å²) in [5.41, 5.74) is 2.05. The van der Waals surface area contributed by atoms with Crippen LogP contribution in [0.15, 0.2) is 24.3 Å². The quantitative estimate of drug-likeness (QED) is 0.891. The molecule has 1 unspecified atom stereocenters. The Morgan fingerprint density at radius 2 is 1.91 bits per heavy atom. The third kappa shape index (κ3) is 3.22. The van der Waals surface area contributed by atoms with E-state index in [2.05, 4.69) is 5.32 Å². The Bertz CT molecular complexity index is 552. The van der Waals surface area contributed by atoms with Gasteiger partial charge in [0, 0.05) is 31.7 Å². The van der Waals surface area contributed by atoms with Gasteiger partial charge in [-0.15, -0.1) is 0 Å². The number of hydrogen-bond acceptors (Lipinski definition) is 3. The Kier molecular flexibility index (Phi) is 4.29. The summed E-state index contributed by atoms with van der Waals surface area (Å²) in [6, 6.07) is 7.62. The van der Waals surface area contributed by atoms with E-state index in [-0.39, 0.29) is 18.0 Å². The molecule has 2 aliphatic heterocycles. The van der Waals surface area contributed by atoms with Gasteiger partial charge in [-0.25, -0.2) is 4.79 Å². The van der Waals surface area contributed by atoms with E-state index in [1.54, 1.807) is 9.80 Å². The molecule has 2 aliphatic rings. The lowest BCUT2D eigenvalue weighted by atomic mass is 10.2. The Balaban J connectivity index is 1.59. The molecule has 1 aromatic carbocycles. The number of urea groups is 1. The molecule has 0 bridgehead atoms. The van der Waals surface area contributed by atoms with Crippen LogP contribution in [0.3, 0.4) is 0 Å². The number of nitrogens with zero attached hydrogens (tertiary/aromatic N) is 2. The van der Waals surface area contributed by atoms with Crippen LogP contribution in [0, 0.1) is 6.92 Å². The maximum absolute atomic E-state index is 12.2. The number of ether oxygens (including phenoxy) is 1. The number of aryl methyl sites for hydroxylation is 1. The van der Waals surface area contributed by atoms with Crippen LogP contribution in [0.5, 0.6) is 0 Å². The highest BCUT2D eigenvalue weighted by atomic mass is 16.5. The van der Waals surface area contributed by atoms with Crippen LogP contribution >= 0.6 is 0 Å². The number of anilines is 1. The first-order chi connectivity index (χ1) is 10.6. The molecular weight excluding hydrogens is 282 g/mol. The van der Waals surface area contributed by atoms with Crippen molar-refractivity contribution in [1.82, 2.24) is 10.2 Å². The van der Waals surface area contributed by atoms with E-state index in [9.17, 15) is 9.59 Å². The maximum atomic E-state index is 12.2. The molecule has 22 heavy (non-hydrogen) atoms. The molecule has 1 aromatic rings. The van der Waals surface area contributed by atoms with Crippen molar-refractivity contribution in [3.05, 3.63) is 29.8 Å². The summed E-state index contributed by atoms with van der Waals surface area (Å²) in [6.45, 7) is 4.90. The fourth-order valence-corrected chi connectivity index (χ4v) is 2.81. The van der Waals surface area contributed by atoms with Crippen molar-refractivity contribution in [2.24, 2.45) is 0 Å². The van der Waals surface area contributed by atoms with Gasteiger partial charge in [-0.2, -0.15) is 0 Å². The average molecular weight is 303 g/mol. The molecule has 0 aliphatic carbocycles. The number of nitrogens with one attached hydrogen (secondary N) is 1. The average Bonchev–Trinajstić information content (AvgIpc) is 2.89. The van der Waals surface area contributed by atoms with Gasteiger partial charge in [0.05, 0.1) is 19.3 Å². The minimum Gasteiger partial charge on any atom is -0.378 e. The van der Waals surface area contributed by atoms with E-state index in [1.807, 2.05) is 31.2 Å². The number of carbonyl (C=O) groups is 2. The van der Waals surface area contributed by atoms with E-state index in [0.717, 1.165) is 11.3 Å². The van der Waals surface area contributed by atoms with Crippen molar-refractivity contribution in [3.63, 3.8) is 0 Å². The lowest BCUT2D eigenvalue weighted by Gasteiger charge is -2.28. The Labute approximate surface area is 130 Å². The molecule has 0 spiro atoms. The zero-order valence-electron chi connectivity index (χ0n) is 12.7. The first-order valence-corrected chi connectivity index (χ1v) is 7.64. The zero-order valence-corrected chi connectivity index (χ0v) is 12.7. The predicted molar refractivity (Wildman–Crippen MR) is 82.9 cm³/mol. The van der Waals surface area contributed by atoms with Crippen LogP contribution in [-0.2, 0) is 9.53 Å². The van der Waals surface area contributed by atoms with Crippen LogP contribution in [0.1, 0.15) is 12.0 Å². The van der Waals surface area contributed by atoms with Gasteiger partial charge in [-0.3, -0.25) is 4.79 Å². The number of carbonyl (C=O) groups excluding carboxylic acids is 2. The summed E-state index contributed by atoms with van der Waals surface area (Å²) in [6.07, 6.45) is 0.351. The van der Waals surface area contributed by atoms with Gasteiger partial charge in [0.25, 0.3) is 0 Å². The molecule has 2 heterocycles. The summed E-state index contributed by atoms with van der Waals surface area (Å²) in [7, 11) is 0. The predicted octanol–water partition coefficient (Wildman–Crippen LogP) is 1.14. The highest BCUT2D eigenvalue weighted by molar-refractivity contribution is 5.96. The van der Waals surface area contributed by atoms with Crippen molar-refractivity contribution in [1.29, 1.82) is 0 Å². The van der Waals surface area contributed by atoms with E-state index < -0.39 is 0 Å². The monoisotopic (exact) mass is 303 g/mol. The first kappa shape index (κ1) is 14.8. The molecule has 0 radical (unpaired) electrons. The fourth-order valence-electron chi connectivity index (χ4n) is 2.81. The fraction of sp³-hybridized carbons (Fsp3) is 0.500. The highest BCUT2D eigenvalue weighted by Crippen LogP contribution is 2.22. The molecule has 3 amide bonds. The van der Waals surface area contributed by atoms with Gasteiger partial charge in [0.1, 0.15) is 0 Å². The minimum absolute atomic E-state index is 0.0520. The van der Waals surface area contributed by atoms with E-state index in [1.165, 1.54) is 0 Å². The molecule has 1 N–H and O–H groups in total. The van der Waals surface area contributed by atoms with E-state index in [0.29, 0.717) is 39.3 Å². The number of benzene rings is 1. The summed E-state index contributed by atoms with van der Waals surface area (Å²) < 4.78 is 5.24. The summed E-state index contributed by atoms with van der Waals surface area (Å²) in [5, 5.41) is 2.96. The smallest absolute Gasteiger partial charge is 0.317 e. The molecule has 6 heteroatoms. The SMILES string of the molecule is Cc1ccc(N2CC(NC(=O)N3CCOCC3)CC2=O)cc1. The number of rotatable bonds is 2. The molecule has 118 valence electrons. The second-order valence-corrected chi connectivity index (χ2v) is 5.79. The third-order valence-corrected chi connectivity index (χ3v) is 4.10. The van der Waals surface area contributed by atoms with Gasteiger partial charge >= 0.3 is 6.03 Å². The number of hydrogen-bond donors (Lipinski definition) is 1.